The number of benzene rings is 2. The van der Waals surface area contributed by atoms with Crippen molar-refractivity contribution in [3.05, 3.63) is 42.5 Å². The number of sulfonamides is 1. The minimum atomic E-state index is -3.78. The number of nitrogens with zero attached hydrogens (tertiary/aromatic N) is 1. The Hall–Kier alpha value is -1.92. The highest BCUT2D eigenvalue weighted by molar-refractivity contribution is 7.89. The molecule has 0 N–H and O–H groups in total. The second-order valence-electron chi connectivity index (χ2n) is 6.32. The van der Waals surface area contributed by atoms with Crippen molar-refractivity contribution in [2.75, 3.05) is 13.6 Å². The van der Waals surface area contributed by atoms with Gasteiger partial charge < -0.3 is 4.74 Å². The average Bonchev–Trinajstić information content (AvgIpc) is 2.44. The van der Waals surface area contributed by atoms with Gasteiger partial charge in [0.1, 0.15) is 12.1 Å². The molecular formula is C17H21NO4S. The van der Waals surface area contributed by atoms with Gasteiger partial charge in [0.25, 0.3) is 0 Å². The van der Waals surface area contributed by atoms with Crippen molar-refractivity contribution >= 4 is 26.8 Å². The van der Waals surface area contributed by atoms with Crippen molar-refractivity contribution in [3.8, 4) is 0 Å². The van der Waals surface area contributed by atoms with E-state index < -0.39 is 21.6 Å². The molecule has 0 aromatic heterocycles. The van der Waals surface area contributed by atoms with E-state index in [4.69, 9.17) is 4.74 Å². The van der Waals surface area contributed by atoms with Gasteiger partial charge in [0.2, 0.25) is 10.0 Å². The van der Waals surface area contributed by atoms with E-state index >= 15 is 0 Å². The van der Waals surface area contributed by atoms with Crippen LogP contribution in [0.4, 0.5) is 0 Å². The predicted molar refractivity (Wildman–Crippen MR) is 89.6 cm³/mol. The van der Waals surface area contributed by atoms with Gasteiger partial charge in [-0.1, -0.05) is 36.4 Å². The summed E-state index contributed by atoms with van der Waals surface area (Å²) in [4.78, 5) is 12.1. The van der Waals surface area contributed by atoms with Gasteiger partial charge >= 0.3 is 5.97 Å². The van der Waals surface area contributed by atoms with Gasteiger partial charge in [0, 0.05) is 12.4 Å². The van der Waals surface area contributed by atoms with E-state index in [2.05, 4.69) is 0 Å². The summed E-state index contributed by atoms with van der Waals surface area (Å²) in [6, 6.07) is 12.3. The maximum absolute atomic E-state index is 12.8. The molecule has 6 heteroatoms. The number of fused-ring (bicyclic) bond motifs is 1. The minimum absolute atomic E-state index is 0.182. The second-order valence-corrected chi connectivity index (χ2v) is 8.34. The minimum Gasteiger partial charge on any atom is -0.459 e. The van der Waals surface area contributed by atoms with E-state index in [-0.39, 0.29) is 11.4 Å². The molecule has 5 nitrogen and oxygen atoms in total. The van der Waals surface area contributed by atoms with Gasteiger partial charge in [0.05, 0.1) is 4.90 Å². The number of esters is 1. The third-order valence-electron chi connectivity index (χ3n) is 3.21. The monoisotopic (exact) mass is 335 g/mol. The Morgan fingerprint density at radius 1 is 1.09 bits per heavy atom. The Balaban J connectivity index is 2.32. The fourth-order valence-corrected chi connectivity index (χ4v) is 3.55. The number of carbonyl (C=O) groups excluding carboxylic acids is 1. The van der Waals surface area contributed by atoms with Crippen LogP contribution in [-0.4, -0.2) is 37.9 Å². The van der Waals surface area contributed by atoms with Crippen LogP contribution in [0.25, 0.3) is 10.8 Å². The summed E-state index contributed by atoms with van der Waals surface area (Å²) < 4.78 is 31.7. The third-order valence-corrected chi connectivity index (χ3v) is 5.07. The van der Waals surface area contributed by atoms with Crippen molar-refractivity contribution in [2.45, 2.75) is 31.3 Å². The molecule has 0 amide bonds. The Morgan fingerprint density at radius 2 is 1.70 bits per heavy atom. The molecule has 2 aromatic rings. The molecule has 0 aliphatic rings. The molecule has 0 aliphatic heterocycles. The van der Waals surface area contributed by atoms with E-state index in [1.54, 1.807) is 45.0 Å². The van der Waals surface area contributed by atoms with E-state index in [1.807, 2.05) is 18.2 Å². The molecule has 0 bridgehead atoms. The first-order valence-electron chi connectivity index (χ1n) is 7.27. The summed E-state index contributed by atoms with van der Waals surface area (Å²) in [6.45, 7) is 4.89. The van der Waals surface area contributed by atoms with E-state index in [0.717, 1.165) is 9.69 Å². The van der Waals surface area contributed by atoms with Gasteiger partial charge in [-0.05, 0) is 32.2 Å². The molecule has 0 heterocycles. The lowest BCUT2D eigenvalue weighted by atomic mass is 10.1. The van der Waals surface area contributed by atoms with Crippen LogP contribution in [0.1, 0.15) is 20.8 Å². The summed E-state index contributed by atoms with van der Waals surface area (Å²) in [5.74, 6) is -0.580. The lowest BCUT2D eigenvalue weighted by Crippen LogP contribution is -2.36. The van der Waals surface area contributed by atoms with Gasteiger partial charge in [-0.3, -0.25) is 4.79 Å². The Bertz CT molecular complexity index is 817. The highest BCUT2D eigenvalue weighted by Crippen LogP contribution is 2.25. The van der Waals surface area contributed by atoms with Gasteiger partial charge in [-0.15, -0.1) is 0 Å². The summed E-state index contributed by atoms with van der Waals surface area (Å²) in [7, 11) is -2.41. The standard InChI is InChI=1S/C17H21NO4S/c1-17(2,3)22-16(19)12-18(4)23(20,21)15-11-7-9-13-8-5-6-10-14(13)15/h5-11H,12H2,1-4H3. The first-order valence-corrected chi connectivity index (χ1v) is 8.71. The smallest absolute Gasteiger partial charge is 0.321 e. The number of hydrogen-bond donors (Lipinski definition) is 0. The van der Waals surface area contributed by atoms with Gasteiger partial charge in [-0.25, -0.2) is 8.42 Å². The van der Waals surface area contributed by atoms with Crippen LogP contribution in [-0.2, 0) is 19.6 Å². The number of likely N-dealkylation sites (N-methyl/N-ethyl adjacent to an activating group) is 1. The fraction of sp³-hybridized carbons (Fsp3) is 0.353. The van der Waals surface area contributed by atoms with Crippen molar-refractivity contribution in [1.29, 1.82) is 0 Å². The molecule has 124 valence electrons. The predicted octanol–water partition coefficient (Wildman–Crippen LogP) is 2.80. The summed E-state index contributed by atoms with van der Waals surface area (Å²) in [5, 5.41) is 1.46. The highest BCUT2D eigenvalue weighted by Gasteiger charge is 2.26. The van der Waals surface area contributed by atoms with Crippen LogP contribution in [0.15, 0.2) is 47.4 Å². The molecule has 0 spiro atoms. The number of hydrogen-bond acceptors (Lipinski definition) is 4. The summed E-state index contributed by atoms with van der Waals surface area (Å²) in [5.41, 5.74) is -0.652. The van der Waals surface area contributed by atoms with Crippen LogP contribution in [0.5, 0.6) is 0 Å². The fourth-order valence-electron chi connectivity index (χ4n) is 2.23. The molecular weight excluding hydrogens is 314 g/mol. The van der Waals surface area contributed by atoms with Crippen LogP contribution in [0.3, 0.4) is 0 Å². The molecule has 0 unspecified atom stereocenters. The summed E-state index contributed by atoms with van der Waals surface area (Å²) in [6.07, 6.45) is 0. The van der Waals surface area contributed by atoms with Crippen LogP contribution >= 0.6 is 0 Å². The first-order chi connectivity index (χ1) is 10.6. The zero-order valence-electron chi connectivity index (χ0n) is 13.7. The van der Waals surface area contributed by atoms with Crippen LogP contribution < -0.4 is 0 Å². The van der Waals surface area contributed by atoms with E-state index in [1.165, 1.54) is 7.05 Å². The Kier molecular flexibility index (Phi) is 4.77. The largest absolute Gasteiger partial charge is 0.459 e. The lowest BCUT2D eigenvalue weighted by molar-refractivity contribution is -0.154. The van der Waals surface area contributed by atoms with Crippen LogP contribution in [0, 0.1) is 0 Å². The topological polar surface area (TPSA) is 63.7 Å². The lowest BCUT2D eigenvalue weighted by Gasteiger charge is -2.22. The van der Waals surface area contributed by atoms with Crippen molar-refractivity contribution < 1.29 is 17.9 Å². The molecule has 0 atom stereocenters. The molecule has 0 aliphatic carbocycles. The molecule has 0 saturated carbocycles. The second kappa shape index (κ2) is 6.29. The zero-order chi connectivity index (χ0) is 17.3. The van der Waals surface area contributed by atoms with Crippen LogP contribution in [0.2, 0.25) is 0 Å². The zero-order valence-corrected chi connectivity index (χ0v) is 14.6. The Morgan fingerprint density at radius 3 is 2.35 bits per heavy atom. The normalized spacial score (nSPS) is 12.6. The van der Waals surface area contributed by atoms with Crippen molar-refractivity contribution in [1.82, 2.24) is 4.31 Å². The van der Waals surface area contributed by atoms with E-state index in [0.29, 0.717) is 5.39 Å². The molecule has 0 radical (unpaired) electrons. The first kappa shape index (κ1) is 17.4. The summed E-state index contributed by atoms with van der Waals surface area (Å²) >= 11 is 0. The molecule has 0 saturated heterocycles. The molecule has 2 rings (SSSR count). The van der Waals surface area contributed by atoms with Crippen molar-refractivity contribution in [2.24, 2.45) is 0 Å². The third kappa shape index (κ3) is 4.09. The SMILES string of the molecule is CN(CC(=O)OC(C)(C)C)S(=O)(=O)c1cccc2ccccc12. The van der Waals surface area contributed by atoms with Gasteiger partial charge in [0.15, 0.2) is 0 Å². The quantitative estimate of drug-likeness (QED) is 0.806. The highest BCUT2D eigenvalue weighted by atomic mass is 32.2. The molecule has 0 fully saturated rings. The maximum Gasteiger partial charge on any atom is 0.321 e. The average molecular weight is 335 g/mol. The van der Waals surface area contributed by atoms with Gasteiger partial charge in [-0.2, -0.15) is 4.31 Å². The number of rotatable bonds is 4. The maximum atomic E-state index is 12.8. The number of carbonyl (C=O) groups is 1. The molecule has 23 heavy (non-hydrogen) atoms. The Labute approximate surface area is 136 Å². The molecule has 2 aromatic carbocycles. The van der Waals surface area contributed by atoms with E-state index in [9.17, 15) is 13.2 Å². The number of ether oxygens (including phenoxy) is 1. The van der Waals surface area contributed by atoms with Crippen molar-refractivity contribution in [3.63, 3.8) is 0 Å².